The number of hydrogen-bond acceptors (Lipinski definition) is 4. The van der Waals surface area contributed by atoms with Crippen molar-refractivity contribution in [3.8, 4) is 0 Å². The van der Waals surface area contributed by atoms with Crippen molar-refractivity contribution in [3.05, 3.63) is 47.0 Å². The molecule has 6 heteroatoms. The maximum atomic E-state index is 12.8. The van der Waals surface area contributed by atoms with E-state index in [2.05, 4.69) is 10.2 Å². The van der Waals surface area contributed by atoms with E-state index >= 15 is 0 Å². The van der Waals surface area contributed by atoms with Crippen molar-refractivity contribution in [1.82, 2.24) is 19.7 Å². The number of carbonyl (C=O) groups excluding carboxylic acids is 1. The van der Waals surface area contributed by atoms with Crippen LogP contribution < -0.4 is 0 Å². The summed E-state index contributed by atoms with van der Waals surface area (Å²) in [4.78, 5) is 14.4. The molecule has 1 N–H and O–H groups in total. The summed E-state index contributed by atoms with van der Waals surface area (Å²) in [6.45, 7) is 1.61. The summed E-state index contributed by atoms with van der Waals surface area (Å²) in [5.41, 5.74) is 1.91. The van der Waals surface area contributed by atoms with E-state index in [0.29, 0.717) is 18.9 Å². The molecule has 0 bridgehead atoms. The second-order valence-corrected chi connectivity index (χ2v) is 5.95. The summed E-state index contributed by atoms with van der Waals surface area (Å²) in [6, 6.07) is 7.71. The molecule has 0 aliphatic carbocycles. The largest absolute Gasteiger partial charge is 0.387 e. The molecule has 0 fully saturated rings. The molecule has 1 amide bonds. The summed E-state index contributed by atoms with van der Waals surface area (Å²) in [5.74, 6) is 1.16. The monoisotopic (exact) mass is 298 g/mol. The van der Waals surface area contributed by atoms with Crippen LogP contribution in [0.15, 0.2) is 24.3 Å². The van der Waals surface area contributed by atoms with Crippen molar-refractivity contribution in [3.63, 3.8) is 0 Å². The van der Waals surface area contributed by atoms with Gasteiger partial charge in [-0.1, -0.05) is 24.3 Å². The Kier molecular flexibility index (Phi) is 3.18. The van der Waals surface area contributed by atoms with Gasteiger partial charge < -0.3 is 14.6 Å². The zero-order valence-corrected chi connectivity index (χ0v) is 12.3. The van der Waals surface area contributed by atoms with Crippen LogP contribution in [0.5, 0.6) is 0 Å². The molecule has 3 heterocycles. The molecule has 1 atom stereocenters. The number of aliphatic hydroxyl groups excluding tert-OH is 1. The fraction of sp³-hybridized carbons (Fsp3) is 0.438. The number of rotatable bonds is 1. The number of nitrogens with zero attached hydrogens (tertiary/aromatic N) is 4. The number of fused-ring (bicyclic) bond motifs is 2. The highest BCUT2D eigenvalue weighted by atomic mass is 16.3. The number of carbonyl (C=O) groups is 1. The van der Waals surface area contributed by atoms with Crippen molar-refractivity contribution >= 4 is 5.91 Å². The van der Waals surface area contributed by atoms with E-state index in [9.17, 15) is 9.90 Å². The quantitative estimate of drug-likeness (QED) is 0.861. The molecule has 2 aromatic rings. The number of hydrogen-bond donors (Lipinski definition) is 1. The summed E-state index contributed by atoms with van der Waals surface area (Å²) < 4.78 is 1.93. The Bertz CT molecular complexity index is 725. The van der Waals surface area contributed by atoms with Gasteiger partial charge in [0.2, 0.25) is 5.82 Å². The van der Waals surface area contributed by atoms with Gasteiger partial charge in [-0.05, 0) is 24.0 Å². The molecule has 1 aromatic heterocycles. The molecule has 6 nitrogen and oxygen atoms in total. The minimum absolute atomic E-state index is 0.144. The van der Waals surface area contributed by atoms with E-state index in [0.717, 1.165) is 42.8 Å². The van der Waals surface area contributed by atoms with Crippen LogP contribution in [-0.4, -0.2) is 37.2 Å². The predicted octanol–water partition coefficient (Wildman–Crippen LogP) is 1.30. The lowest BCUT2D eigenvalue weighted by Gasteiger charge is -2.32. The standard InChI is InChI=1S/C16H18N4O2/c21-13-10-19(9-11-5-1-2-6-12(11)13)16(22)15-18-17-14-7-3-4-8-20(14)15/h1-2,5-6,13,21H,3-4,7-10H2/t13-/m0/s1. The van der Waals surface area contributed by atoms with Gasteiger partial charge in [-0.25, -0.2) is 0 Å². The Morgan fingerprint density at radius 3 is 3.00 bits per heavy atom. The van der Waals surface area contributed by atoms with Gasteiger partial charge in [0.05, 0.1) is 12.6 Å². The minimum atomic E-state index is -0.641. The van der Waals surface area contributed by atoms with Gasteiger partial charge in [0.1, 0.15) is 5.82 Å². The first-order valence-electron chi connectivity index (χ1n) is 7.71. The zero-order valence-electron chi connectivity index (χ0n) is 12.3. The van der Waals surface area contributed by atoms with Crippen LogP contribution in [0.3, 0.4) is 0 Å². The number of amides is 1. The lowest BCUT2D eigenvalue weighted by atomic mass is 9.97. The molecule has 1 aromatic carbocycles. The summed E-state index contributed by atoms with van der Waals surface area (Å²) in [6.07, 6.45) is 2.39. The zero-order chi connectivity index (χ0) is 15.1. The van der Waals surface area contributed by atoms with E-state index in [1.165, 1.54) is 0 Å². The number of aryl methyl sites for hydroxylation is 1. The summed E-state index contributed by atoms with van der Waals surface area (Å²) in [7, 11) is 0. The molecule has 0 unspecified atom stereocenters. The van der Waals surface area contributed by atoms with Crippen LogP contribution in [0.25, 0.3) is 0 Å². The normalized spacial score (nSPS) is 20.4. The van der Waals surface area contributed by atoms with Gasteiger partial charge in [0.25, 0.3) is 5.91 Å². The van der Waals surface area contributed by atoms with Gasteiger partial charge in [0.15, 0.2) is 0 Å². The van der Waals surface area contributed by atoms with Gasteiger partial charge >= 0.3 is 0 Å². The Morgan fingerprint density at radius 2 is 2.09 bits per heavy atom. The number of aliphatic hydroxyl groups is 1. The van der Waals surface area contributed by atoms with Crippen molar-refractivity contribution < 1.29 is 9.90 Å². The summed E-state index contributed by atoms with van der Waals surface area (Å²) >= 11 is 0. The number of β-amino-alcohol motifs (C(OH)–C–C–N with tert-alkyl or cyclic N) is 1. The van der Waals surface area contributed by atoms with Crippen LogP contribution in [0.1, 0.15) is 46.5 Å². The van der Waals surface area contributed by atoms with Gasteiger partial charge in [-0.3, -0.25) is 4.79 Å². The van der Waals surface area contributed by atoms with Crippen molar-refractivity contribution in [2.45, 2.75) is 38.5 Å². The Hall–Kier alpha value is -2.21. The maximum absolute atomic E-state index is 12.8. The van der Waals surface area contributed by atoms with Crippen LogP contribution in [0.4, 0.5) is 0 Å². The molecule has 2 aliphatic heterocycles. The molecule has 0 saturated carbocycles. The average molecular weight is 298 g/mol. The van der Waals surface area contributed by atoms with E-state index in [-0.39, 0.29) is 5.91 Å². The minimum Gasteiger partial charge on any atom is -0.387 e. The second kappa shape index (κ2) is 5.21. The van der Waals surface area contributed by atoms with Gasteiger partial charge in [-0.2, -0.15) is 0 Å². The lowest BCUT2D eigenvalue weighted by molar-refractivity contribution is 0.0533. The predicted molar refractivity (Wildman–Crippen MR) is 79.1 cm³/mol. The van der Waals surface area contributed by atoms with Crippen LogP contribution >= 0.6 is 0 Å². The van der Waals surface area contributed by atoms with E-state index in [4.69, 9.17) is 0 Å². The Morgan fingerprint density at radius 1 is 1.23 bits per heavy atom. The third-order valence-corrected chi connectivity index (χ3v) is 4.51. The fourth-order valence-electron chi connectivity index (χ4n) is 3.34. The van der Waals surface area contributed by atoms with Gasteiger partial charge in [0, 0.05) is 19.5 Å². The highest BCUT2D eigenvalue weighted by Gasteiger charge is 2.30. The Labute approximate surface area is 128 Å². The molecular formula is C16H18N4O2. The molecule has 114 valence electrons. The third-order valence-electron chi connectivity index (χ3n) is 4.51. The first-order valence-corrected chi connectivity index (χ1v) is 7.71. The Balaban J connectivity index is 1.63. The molecular weight excluding hydrogens is 280 g/mol. The summed E-state index contributed by atoms with van der Waals surface area (Å²) in [5, 5.41) is 18.5. The van der Waals surface area contributed by atoms with Crippen molar-refractivity contribution in [2.75, 3.05) is 6.54 Å². The number of aromatic nitrogens is 3. The smallest absolute Gasteiger partial charge is 0.292 e. The first kappa shape index (κ1) is 13.5. The van der Waals surface area contributed by atoms with E-state index in [1.807, 2.05) is 28.8 Å². The fourth-order valence-corrected chi connectivity index (χ4v) is 3.34. The second-order valence-electron chi connectivity index (χ2n) is 5.95. The van der Waals surface area contributed by atoms with Crippen molar-refractivity contribution in [2.24, 2.45) is 0 Å². The maximum Gasteiger partial charge on any atom is 0.292 e. The van der Waals surface area contributed by atoms with E-state index in [1.54, 1.807) is 4.90 Å². The van der Waals surface area contributed by atoms with E-state index < -0.39 is 6.10 Å². The highest BCUT2D eigenvalue weighted by Crippen LogP contribution is 2.27. The lowest BCUT2D eigenvalue weighted by Crippen LogP contribution is -2.39. The topological polar surface area (TPSA) is 71.2 Å². The van der Waals surface area contributed by atoms with Crippen molar-refractivity contribution in [1.29, 1.82) is 0 Å². The molecule has 4 rings (SSSR count). The average Bonchev–Trinajstić information content (AvgIpc) is 2.98. The van der Waals surface area contributed by atoms with Crippen LogP contribution in [-0.2, 0) is 19.5 Å². The van der Waals surface area contributed by atoms with Crippen LogP contribution in [0, 0.1) is 0 Å². The van der Waals surface area contributed by atoms with Crippen LogP contribution in [0.2, 0.25) is 0 Å². The number of benzene rings is 1. The highest BCUT2D eigenvalue weighted by molar-refractivity contribution is 5.91. The molecule has 22 heavy (non-hydrogen) atoms. The molecule has 2 aliphatic rings. The van der Waals surface area contributed by atoms with Gasteiger partial charge in [-0.15, -0.1) is 10.2 Å². The first-order chi connectivity index (χ1) is 10.7. The molecule has 0 saturated heterocycles. The molecule has 0 radical (unpaired) electrons. The SMILES string of the molecule is O=C(c1nnc2n1CCCC2)N1Cc2ccccc2[C@@H](O)C1. The molecule has 0 spiro atoms. The third kappa shape index (κ3) is 2.11.